The van der Waals surface area contributed by atoms with Crippen molar-refractivity contribution in [3.05, 3.63) is 36.0 Å². The molecule has 2 aromatic rings. The van der Waals surface area contributed by atoms with Crippen molar-refractivity contribution < 1.29 is 9.59 Å². The van der Waals surface area contributed by atoms with Gasteiger partial charge < -0.3 is 15.6 Å². The predicted octanol–water partition coefficient (Wildman–Crippen LogP) is 2.91. The van der Waals surface area contributed by atoms with Gasteiger partial charge in [0, 0.05) is 29.7 Å². The highest BCUT2D eigenvalue weighted by Crippen LogP contribution is 2.39. The summed E-state index contributed by atoms with van der Waals surface area (Å²) in [5.74, 6) is -0.158. The summed E-state index contributed by atoms with van der Waals surface area (Å²) in [6, 6.07) is 8.50. The van der Waals surface area contributed by atoms with Crippen LogP contribution < -0.4 is 10.6 Å². The molecule has 2 aliphatic carbocycles. The number of carbonyl (C=O) groups is 2. The smallest absolute Gasteiger partial charge is 0.224 e. The summed E-state index contributed by atoms with van der Waals surface area (Å²) in [6.45, 7) is 0.605. The topological polar surface area (TPSA) is 74.0 Å². The number of nitrogens with one attached hydrogen (secondary N) is 3. The first-order valence-electron chi connectivity index (χ1n) is 9.85. The molecule has 2 aliphatic rings. The lowest BCUT2D eigenvalue weighted by Crippen LogP contribution is -2.38. The van der Waals surface area contributed by atoms with Gasteiger partial charge in [0.1, 0.15) is 0 Å². The molecule has 2 saturated carbocycles. The van der Waals surface area contributed by atoms with Crippen molar-refractivity contribution in [3.63, 3.8) is 0 Å². The van der Waals surface area contributed by atoms with Gasteiger partial charge >= 0.3 is 0 Å². The van der Waals surface area contributed by atoms with E-state index in [1.54, 1.807) is 0 Å². The molecule has 3 N–H and O–H groups in total. The van der Waals surface area contributed by atoms with Crippen LogP contribution in [0.3, 0.4) is 0 Å². The summed E-state index contributed by atoms with van der Waals surface area (Å²) >= 11 is 0. The standard InChI is InChI=1S/C21H27N3O2/c25-20(17-12-18(17)21(26)24-15-6-2-1-3-7-15)22-11-10-14-13-23-19-9-5-4-8-16(14)19/h4-5,8-9,13,15,17-18,23H,1-3,6-7,10-12H2,(H,22,25)(H,24,26). The number of carbonyl (C=O) groups excluding carboxylic acids is 2. The molecule has 4 rings (SSSR count). The Kier molecular flexibility index (Phi) is 4.96. The minimum atomic E-state index is -0.137. The second-order valence-corrected chi connectivity index (χ2v) is 7.69. The maximum atomic E-state index is 12.3. The minimum absolute atomic E-state index is 0.0219. The van der Waals surface area contributed by atoms with E-state index in [1.165, 1.54) is 30.2 Å². The molecule has 5 nitrogen and oxygen atoms in total. The minimum Gasteiger partial charge on any atom is -0.361 e. The fourth-order valence-corrected chi connectivity index (χ4v) is 4.12. The van der Waals surface area contributed by atoms with Crippen LogP contribution in [0.15, 0.2) is 30.5 Å². The molecule has 0 radical (unpaired) electrons. The third kappa shape index (κ3) is 3.76. The quantitative estimate of drug-likeness (QED) is 0.747. The molecule has 5 heteroatoms. The van der Waals surface area contributed by atoms with Gasteiger partial charge in [-0.05, 0) is 37.3 Å². The molecule has 138 valence electrons. The van der Waals surface area contributed by atoms with Crippen LogP contribution in [0.1, 0.15) is 44.1 Å². The van der Waals surface area contributed by atoms with Gasteiger partial charge in [-0.15, -0.1) is 0 Å². The van der Waals surface area contributed by atoms with Gasteiger partial charge in [0.2, 0.25) is 11.8 Å². The Bertz CT molecular complexity index is 791. The Morgan fingerprint density at radius 2 is 1.81 bits per heavy atom. The second kappa shape index (κ2) is 7.52. The third-order valence-corrected chi connectivity index (χ3v) is 5.78. The van der Waals surface area contributed by atoms with Crippen molar-refractivity contribution in [1.82, 2.24) is 15.6 Å². The van der Waals surface area contributed by atoms with Crippen molar-refractivity contribution in [3.8, 4) is 0 Å². The number of hydrogen-bond donors (Lipinski definition) is 3. The average molecular weight is 353 g/mol. The van der Waals surface area contributed by atoms with E-state index in [-0.39, 0.29) is 23.7 Å². The van der Waals surface area contributed by atoms with Crippen LogP contribution in [-0.2, 0) is 16.0 Å². The van der Waals surface area contributed by atoms with Crippen LogP contribution in [-0.4, -0.2) is 29.4 Å². The Labute approximate surface area is 153 Å². The molecule has 2 unspecified atom stereocenters. The lowest BCUT2D eigenvalue weighted by molar-refractivity contribution is -0.127. The number of amides is 2. The Morgan fingerprint density at radius 3 is 2.65 bits per heavy atom. The first-order valence-corrected chi connectivity index (χ1v) is 9.85. The van der Waals surface area contributed by atoms with Crippen molar-refractivity contribution in [2.75, 3.05) is 6.54 Å². The van der Waals surface area contributed by atoms with Gasteiger partial charge in [-0.1, -0.05) is 37.5 Å². The van der Waals surface area contributed by atoms with E-state index in [1.807, 2.05) is 18.3 Å². The first-order chi connectivity index (χ1) is 12.7. The first kappa shape index (κ1) is 17.1. The van der Waals surface area contributed by atoms with E-state index < -0.39 is 0 Å². The van der Waals surface area contributed by atoms with Gasteiger partial charge in [0.15, 0.2) is 0 Å². The molecule has 0 spiro atoms. The van der Waals surface area contributed by atoms with Crippen molar-refractivity contribution in [2.24, 2.45) is 11.8 Å². The lowest BCUT2D eigenvalue weighted by atomic mass is 9.95. The summed E-state index contributed by atoms with van der Waals surface area (Å²) in [5.41, 5.74) is 2.33. The fourth-order valence-electron chi connectivity index (χ4n) is 4.12. The second-order valence-electron chi connectivity index (χ2n) is 7.69. The van der Waals surface area contributed by atoms with Crippen LogP contribution >= 0.6 is 0 Å². The Hall–Kier alpha value is -2.30. The summed E-state index contributed by atoms with van der Waals surface area (Å²) in [5, 5.41) is 7.35. The number of aromatic amines is 1. The van der Waals surface area contributed by atoms with Crippen LogP contribution in [0.25, 0.3) is 10.9 Å². The number of hydrogen-bond acceptors (Lipinski definition) is 2. The molecule has 1 aromatic carbocycles. The van der Waals surface area contributed by atoms with Crippen LogP contribution in [0.2, 0.25) is 0 Å². The van der Waals surface area contributed by atoms with E-state index in [4.69, 9.17) is 0 Å². The van der Waals surface area contributed by atoms with Gasteiger partial charge in [0.05, 0.1) is 11.8 Å². The Morgan fingerprint density at radius 1 is 1.04 bits per heavy atom. The SMILES string of the molecule is O=C(NCCc1c[nH]c2ccccc12)C1CC1C(=O)NC1CCCCC1. The zero-order valence-corrected chi connectivity index (χ0v) is 15.1. The average Bonchev–Trinajstić information content (AvgIpc) is 3.38. The number of aromatic nitrogens is 1. The number of fused-ring (bicyclic) bond motifs is 1. The molecule has 2 amide bonds. The van der Waals surface area contributed by atoms with Crippen LogP contribution in [0.4, 0.5) is 0 Å². The van der Waals surface area contributed by atoms with Gasteiger partial charge in [-0.2, -0.15) is 0 Å². The van der Waals surface area contributed by atoms with Crippen LogP contribution in [0, 0.1) is 11.8 Å². The number of H-pyrrole nitrogens is 1. The maximum Gasteiger partial charge on any atom is 0.224 e. The third-order valence-electron chi connectivity index (χ3n) is 5.78. The molecule has 2 atom stereocenters. The molecular formula is C21H27N3O2. The van der Waals surface area contributed by atoms with E-state index in [9.17, 15) is 9.59 Å². The van der Waals surface area contributed by atoms with E-state index in [0.29, 0.717) is 19.0 Å². The normalized spacial score (nSPS) is 22.9. The largest absolute Gasteiger partial charge is 0.361 e. The highest BCUT2D eigenvalue weighted by molar-refractivity contribution is 5.92. The fraction of sp³-hybridized carbons (Fsp3) is 0.524. The molecule has 0 bridgehead atoms. The summed E-state index contributed by atoms with van der Waals surface area (Å²) in [4.78, 5) is 27.9. The molecule has 0 aliphatic heterocycles. The number of benzene rings is 1. The zero-order valence-electron chi connectivity index (χ0n) is 15.1. The van der Waals surface area contributed by atoms with E-state index in [0.717, 1.165) is 24.8 Å². The van der Waals surface area contributed by atoms with Gasteiger partial charge in [-0.3, -0.25) is 9.59 Å². The van der Waals surface area contributed by atoms with E-state index in [2.05, 4.69) is 27.8 Å². The summed E-state index contributed by atoms with van der Waals surface area (Å²) in [6.07, 6.45) is 9.34. The molecule has 2 fully saturated rings. The van der Waals surface area contributed by atoms with Crippen molar-refractivity contribution >= 4 is 22.7 Å². The maximum absolute atomic E-state index is 12.3. The molecule has 26 heavy (non-hydrogen) atoms. The predicted molar refractivity (Wildman–Crippen MR) is 102 cm³/mol. The Balaban J connectivity index is 1.21. The molecule has 1 aromatic heterocycles. The monoisotopic (exact) mass is 353 g/mol. The van der Waals surface area contributed by atoms with Crippen LogP contribution in [0.5, 0.6) is 0 Å². The van der Waals surface area contributed by atoms with Gasteiger partial charge in [0.25, 0.3) is 0 Å². The summed E-state index contributed by atoms with van der Waals surface area (Å²) < 4.78 is 0. The van der Waals surface area contributed by atoms with E-state index >= 15 is 0 Å². The lowest BCUT2D eigenvalue weighted by Gasteiger charge is -2.22. The highest BCUT2D eigenvalue weighted by atomic mass is 16.2. The number of rotatable bonds is 6. The van der Waals surface area contributed by atoms with Crippen molar-refractivity contribution in [1.29, 1.82) is 0 Å². The molecule has 1 heterocycles. The molecule has 0 saturated heterocycles. The van der Waals surface area contributed by atoms with Crippen molar-refractivity contribution in [2.45, 2.75) is 51.0 Å². The highest BCUT2D eigenvalue weighted by Gasteiger charge is 2.48. The van der Waals surface area contributed by atoms with Gasteiger partial charge in [-0.25, -0.2) is 0 Å². The molecular weight excluding hydrogens is 326 g/mol. The zero-order chi connectivity index (χ0) is 17.9. The number of para-hydroxylation sites is 1. The summed E-state index contributed by atoms with van der Waals surface area (Å²) in [7, 11) is 0.